The maximum Gasteiger partial charge on any atom is 0.283 e. The van der Waals surface area contributed by atoms with Crippen LogP contribution in [0.4, 0.5) is 11.4 Å². The normalized spacial score (nSPS) is 12.0. The van der Waals surface area contributed by atoms with Gasteiger partial charge in [0.1, 0.15) is 0 Å². The predicted octanol–water partition coefficient (Wildman–Crippen LogP) is 2.60. The van der Waals surface area contributed by atoms with Crippen molar-refractivity contribution in [2.45, 2.75) is 0 Å². The smallest absolute Gasteiger partial charge is 0.283 e. The van der Waals surface area contributed by atoms with E-state index in [1.54, 1.807) is 0 Å². The molecule has 0 unspecified atom stereocenters. The fourth-order valence-corrected chi connectivity index (χ4v) is 2.58. The first-order chi connectivity index (χ1) is 16.5. The SMILES string of the molecule is C[N+](=O)[O-].O=Cc1cc2c(cc1[N+](=O)[O-])OCO2.O=[N+]([O-])/C=C/c1cc2c(cc1[N+](=O)[O-])OCO2. The standard InChI is InChI=1S/C9H6N2O6.C8H5NO5.CH3NO2/c12-10(13)2-1-6-3-8-9(17-5-16-8)4-7(6)11(14)15;10-3-5-1-7-8(14-4-13-7)2-6(5)9(11)12;1-2(3)4/h1-4H,5H2;1-3H,4H2;1H3/b2-1+;;. The number of rotatable bonds is 5. The van der Waals surface area contributed by atoms with E-state index in [-0.39, 0.29) is 41.8 Å². The first-order valence-corrected chi connectivity index (χ1v) is 9.04. The van der Waals surface area contributed by atoms with Gasteiger partial charge in [0, 0.05) is 17.1 Å². The van der Waals surface area contributed by atoms with Crippen molar-refractivity contribution in [1.29, 1.82) is 0 Å². The minimum absolute atomic E-state index is 0.0146. The molecule has 0 fully saturated rings. The maximum atomic E-state index is 10.8. The third kappa shape index (κ3) is 7.07. The van der Waals surface area contributed by atoms with E-state index in [4.69, 9.17) is 29.1 Å². The average molecular weight is 494 g/mol. The van der Waals surface area contributed by atoms with Gasteiger partial charge >= 0.3 is 0 Å². The molecule has 35 heavy (non-hydrogen) atoms. The van der Waals surface area contributed by atoms with Gasteiger partial charge in [-0.15, -0.1) is 0 Å². The molecule has 2 aliphatic rings. The molecule has 0 saturated heterocycles. The van der Waals surface area contributed by atoms with Crippen LogP contribution < -0.4 is 18.9 Å². The summed E-state index contributed by atoms with van der Waals surface area (Å²) in [5.74, 6) is 1.24. The van der Waals surface area contributed by atoms with Crippen LogP contribution in [0, 0.1) is 40.5 Å². The van der Waals surface area contributed by atoms with E-state index in [9.17, 15) is 35.1 Å². The molecular formula is C18H14N4O13. The zero-order valence-corrected chi connectivity index (χ0v) is 17.6. The summed E-state index contributed by atoms with van der Waals surface area (Å²) < 4.78 is 19.9. The molecule has 0 atom stereocenters. The van der Waals surface area contributed by atoms with Crippen molar-refractivity contribution >= 4 is 23.7 Å². The highest BCUT2D eigenvalue weighted by atomic mass is 16.7. The molecule has 0 spiro atoms. The molecule has 4 rings (SSSR count). The Balaban J connectivity index is 0.000000217. The fourth-order valence-electron chi connectivity index (χ4n) is 2.58. The first-order valence-electron chi connectivity index (χ1n) is 9.04. The lowest BCUT2D eigenvalue weighted by atomic mass is 10.1. The van der Waals surface area contributed by atoms with Crippen molar-refractivity contribution in [2.24, 2.45) is 0 Å². The van der Waals surface area contributed by atoms with Gasteiger partial charge in [0.15, 0.2) is 36.3 Å². The Morgan fingerprint density at radius 3 is 1.46 bits per heavy atom. The van der Waals surface area contributed by atoms with Gasteiger partial charge in [-0.25, -0.2) is 0 Å². The zero-order valence-electron chi connectivity index (χ0n) is 17.6. The van der Waals surface area contributed by atoms with Crippen LogP contribution in [0.3, 0.4) is 0 Å². The van der Waals surface area contributed by atoms with Gasteiger partial charge in [-0.05, 0) is 6.07 Å². The number of nitro groups is 4. The van der Waals surface area contributed by atoms with Gasteiger partial charge in [-0.3, -0.25) is 45.3 Å². The van der Waals surface area contributed by atoms with Crippen LogP contribution in [-0.2, 0) is 0 Å². The van der Waals surface area contributed by atoms with E-state index in [0.717, 1.165) is 13.1 Å². The Labute approximate surface area is 193 Å². The molecule has 0 bridgehead atoms. The van der Waals surface area contributed by atoms with Crippen molar-refractivity contribution < 1.29 is 43.4 Å². The second-order valence-corrected chi connectivity index (χ2v) is 6.20. The van der Waals surface area contributed by atoms with E-state index in [1.165, 1.54) is 24.3 Å². The maximum absolute atomic E-state index is 10.8. The Morgan fingerprint density at radius 1 is 0.714 bits per heavy atom. The van der Waals surface area contributed by atoms with Gasteiger partial charge in [-0.2, -0.15) is 0 Å². The first kappa shape index (κ1) is 25.9. The lowest BCUT2D eigenvalue weighted by molar-refractivity contribution is -0.445. The number of ether oxygens (including phenoxy) is 4. The molecule has 0 N–H and O–H groups in total. The van der Waals surface area contributed by atoms with Crippen LogP contribution in [0.2, 0.25) is 0 Å². The van der Waals surface area contributed by atoms with Crippen LogP contribution >= 0.6 is 0 Å². The van der Waals surface area contributed by atoms with Gasteiger partial charge in [0.2, 0.25) is 19.8 Å². The Kier molecular flexibility index (Phi) is 8.51. The molecule has 184 valence electrons. The van der Waals surface area contributed by atoms with Gasteiger partial charge < -0.3 is 18.9 Å². The van der Waals surface area contributed by atoms with Gasteiger partial charge in [0.25, 0.3) is 11.4 Å². The largest absolute Gasteiger partial charge is 0.454 e. The Bertz CT molecular complexity index is 1210. The Morgan fingerprint density at radius 2 is 1.09 bits per heavy atom. The monoisotopic (exact) mass is 494 g/mol. The molecule has 0 aromatic heterocycles. The Hall–Kier alpha value is -5.35. The second kappa shape index (κ2) is 11.5. The number of hydrogen-bond acceptors (Lipinski definition) is 13. The number of fused-ring (bicyclic) bond motifs is 2. The minimum atomic E-state index is -0.700. The molecule has 2 aliphatic heterocycles. The van der Waals surface area contributed by atoms with Crippen molar-refractivity contribution in [3.8, 4) is 23.0 Å². The summed E-state index contributed by atoms with van der Waals surface area (Å²) in [6.45, 7) is 0.00366. The summed E-state index contributed by atoms with van der Waals surface area (Å²) in [4.78, 5) is 48.3. The number of aldehydes is 1. The highest BCUT2D eigenvalue weighted by molar-refractivity contribution is 5.83. The molecule has 2 heterocycles. The highest BCUT2D eigenvalue weighted by Gasteiger charge is 2.23. The number of carbonyl (C=O) groups excluding carboxylic acids is 1. The van der Waals surface area contributed by atoms with Gasteiger partial charge in [-0.1, -0.05) is 0 Å². The average Bonchev–Trinajstić information content (AvgIpc) is 3.44. The van der Waals surface area contributed by atoms with Crippen molar-refractivity contribution in [2.75, 3.05) is 20.6 Å². The molecule has 0 amide bonds. The zero-order chi connectivity index (χ0) is 26.1. The van der Waals surface area contributed by atoms with Crippen molar-refractivity contribution in [3.05, 3.63) is 82.0 Å². The minimum Gasteiger partial charge on any atom is -0.454 e. The van der Waals surface area contributed by atoms with E-state index in [0.29, 0.717) is 29.7 Å². The summed E-state index contributed by atoms with van der Waals surface area (Å²) >= 11 is 0. The van der Waals surface area contributed by atoms with Crippen LogP contribution in [0.25, 0.3) is 6.08 Å². The summed E-state index contributed by atoms with van der Waals surface area (Å²) in [6, 6.07) is 5.00. The van der Waals surface area contributed by atoms with Gasteiger partial charge in [0.05, 0.1) is 38.0 Å². The molecule has 17 heteroatoms. The van der Waals surface area contributed by atoms with E-state index in [1.807, 2.05) is 0 Å². The van der Waals surface area contributed by atoms with E-state index in [2.05, 4.69) is 0 Å². The quantitative estimate of drug-likeness (QED) is 0.331. The van der Waals surface area contributed by atoms with E-state index < -0.39 is 19.7 Å². The van der Waals surface area contributed by atoms with Crippen molar-refractivity contribution in [3.63, 3.8) is 0 Å². The van der Waals surface area contributed by atoms with Crippen LogP contribution in [-0.4, -0.2) is 46.6 Å². The highest BCUT2D eigenvalue weighted by Crippen LogP contribution is 2.38. The number of hydrogen-bond donors (Lipinski definition) is 0. The van der Waals surface area contributed by atoms with Crippen LogP contribution in [0.5, 0.6) is 23.0 Å². The lowest BCUT2D eigenvalue weighted by Gasteiger charge is -1.99. The topological polar surface area (TPSA) is 227 Å². The third-order valence-electron chi connectivity index (χ3n) is 3.94. The number of carbonyl (C=O) groups is 1. The number of benzene rings is 2. The summed E-state index contributed by atoms with van der Waals surface area (Å²) in [7, 11) is 0.889. The fraction of sp³-hybridized carbons (Fsp3) is 0.167. The lowest BCUT2D eigenvalue weighted by Crippen LogP contribution is -1.94. The number of nitrogens with zero attached hydrogens (tertiary/aromatic N) is 4. The molecule has 0 radical (unpaired) electrons. The molecule has 0 aliphatic carbocycles. The molecule has 0 saturated carbocycles. The summed E-state index contributed by atoms with van der Waals surface area (Å²) in [6.07, 6.45) is 2.09. The number of nitro benzene ring substituents is 2. The van der Waals surface area contributed by atoms with Crippen LogP contribution in [0.15, 0.2) is 30.5 Å². The molecular weight excluding hydrogens is 480 g/mol. The molecule has 2 aromatic carbocycles. The predicted molar refractivity (Wildman–Crippen MR) is 113 cm³/mol. The van der Waals surface area contributed by atoms with Crippen LogP contribution in [0.1, 0.15) is 15.9 Å². The molecule has 17 nitrogen and oxygen atoms in total. The summed E-state index contributed by atoms with van der Waals surface area (Å²) in [5.41, 5.74) is -0.466. The second-order valence-electron chi connectivity index (χ2n) is 6.20. The van der Waals surface area contributed by atoms with E-state index >= 15 is 0 Å². The van der Waals surface area contributed by atoms with Crippen molar-refractivity contribution in [1.82, 2.24) is 0 Å². The summed E-state index contributed by atoms with van der Waals surface area (Å²) in [5, 5.41) is 40.3. The molecule has 2 aromatic rings. The third-order valence-corrected chi connectivity index (χ3v) is 3.94.